The Labute approximate surface area is 157 Å². The summed E-state index contributed by atoms with van der Waals surface area (Å²) in [5.74, 6) is 0.790. The lowest BCUT2D eigenvalue weighted by atomic mass is 10.0. The van der Waals surface area contributed by atoms with Gasteiger partial charge in [-0.1, -0.05) is 13.8 Å². The maximum Gasteiger partial charge on any atom is 0.243 e. The van der Waals surface area contributed by atoms with Crippen molar-refractivity contribution in [1.29, 1.82) is 0 Å². The zero-order valence-electron chi connectivity index (χ0n) is 15.9. The molecule has 0 aromatic heterocycles. The van der Waals surface area contributed by atoms with Gasteiger partial charge in [0.15, 0.2) is 0 Å². The van der Waals surface area contributed by atoms with Gasteiger partial charge in [0.2, 0.25) is 15.9 Å². The minimum Gasteiger partial charge on any atom is -0.494 e. The number of benzene rings is 1. The van der Waals surface area contributed by atoms with E-state index < -0.39 is 10.0 Å². The number of nitrogens with zero attached hydrogens (tertiary/aromatic N) is 1. The molecule has 0 saturated carbocycles. The molecule has 1 aromatic rings. The number of nitrogens with one attached hydrogen (secondary N) is 1. The summed E-state index contributed by atoms with van der Waals surface area (Å²) in [5, 5.41) is 3.08. The summed E-state index contributed by atoms with van der Waals surface area (Å²) in [6.07, 6.45) is 2.94. The molecule has 0 aliphatic carbocycles. The molecular weight excluding hydrogens is 352 g/mol. The first kappa shape index (κ1) is 20.7. The van der Waals surface area contributed by atoms with Crippen LogP contribution in [0.15, 0.2) is 29.2 Å². The van der Waals surface area contributed by atoms with Gasteiger partial charge in [0.05, 0.1) is 11.5 Å². The first-order valence-electron chi connectivity index (χ1n) is 9.45. The number of sulfonamides is 1. The average Bonchev–Trinajstić information content (AvgIpc) is 2.64. The van der Waals surface area contributed by atoms with Crippen molar-refractivity contribution in [2.75, 3.05) is 19.7 Å². The molecule has 0 spiro atoms. The molecule has 26 heavy (non-hydrogen) atoms. The van der Waals surface area contributed by atoms with Gasteiger partial charge in [0, 0.05) is 25.0 Å². The Balaban J connectivity index is 1.94. The van der Waals surface area contributed by atoms with Crippen molar-refractivity contribution in [2.45, 2.75) is 57.4 Å². The predicted octanol–water partition coefficient (Wildman–Crippen LogP) is 2.79. The smallest absolute Gasteiger partial charge is 0.243 e. The molecular formula is C19H30N2O4S. The fraction of sp³-hybridized carbons (Fsp3) is 0.632. The van der Waals surface area contributed by atoms with Gasteiger partial charge in [-0.2, -0.15) is 4.31 Å². The van der Waals surface area contributed by atoms with Crippen molar-refractivity contribution in [1.82, 2.24) is 9.62 Å². The summed E-state index contributed by atoms with van der Waals surface area (Å²) >= 11 is 0. The fourth-order valence-corrected chi connectivity index (χ4v) is 4.71. The molecule has 6 nitrogen and oxygen atoms in total. The highest BCUT2D eigenvalue weighted by atomic mass is 32.2. The molecule has 146 valence electrons. The topological polar surface area (TPSA) is 75.7 Å². The molecule has 2 rings (SSSR count). The minimum atomic E-state index is -3.51. The van der Waals surface area contributed by atoms with Crippen LogP contribution in [0.25, 0.3) is 0 Å². The van der Waals surface area contributed by atoms with Gasteiger partial charge in [-0.25, -0.2) is 8.42 Å². The largest absolute Gasteiger partial charge is 0.494 e. The second-order valence-corrected chi connectivity index (χ2v) is 8.54. The van der Waals surface area contributed by atoms with E-state index in [1.807, 2.05) is 20.8 Å². The van der Waals surface area contributed by atoms with Gasteiger partial charge >= 0.3 is 0 Å². The van der Waals surface area contributed by atoms with Crippen LogP contribution in [0.1, 0.15) is 46.5 Å². The third-order valence-corrected chi connectivity index (χ3v) is 6.84. The van der Waals surface area contributed by atoms with E-state index >= 15 is 0 Å². The number of piperidine rings is 1. The van der Waals surface area contributed by atoms with Crippen LogP contribution >= 0.6 is 0 Å². The highest BCUT2D eigenvalue weighted by Crippen LogP contribution is 2.23. The Morgan fingerprint density at radius 1 is 1.15 bits per heavy atom. The van der Waals surface area contributed by atoms with Crippen molar-refractivity contribution < 1.29 is 17.9 Å². The number of carbonyl (C=O) groups excluding carboxylic acids is 1. The lowest BCUT2D eigenvalue weighted by molar-refractivity contribution is -0.126. The van der Waals surface area contributed by atoms with E-state index in [0.717, 1.165) is 12.8 Å². The van der Waals surface area contributed by atoms with Crippen molar-refractivity contribution in [3.63, 3.8) is 0 Å². The quantitative estimate of drug-likeness (QED) is 0.750. The van der Waals surface area contributed by atoms with Gasteiger partial charge in [0.25, 0.3) is 0 Å². The maximum atomic E-state index is 12.8. The standard InChI is InChI=1S/C19H30N2O4S/c1-4-15(5-2)19(22)20-16-11-13-21(14-12-16)26(23,24)18-9-7-17(8-10-18)25-6-3/h7-10,15-16H,4-6,11-14H2,1-3H3,(H,20,22). The van der Waals surface area contributed by atoms with E-state index in [1.54, 1.807) is 24.3 Å². The Morgan fingerprint density at radius 2 is 1.73 bits per heavy atom. The summed E-state index contributed by atoms with van der Waals surface area (Å²) in [7, 11) is -3.51. The zero-order valence-corrected chi connectivity index (χ0v) is 16.7. The van der Waals surface area contributed by atoms with Crippen LogP contribution in [-0.2, 0) is 14.8 Å². The van der Waals surface area contributed by atoms with Gasteiger partial charge in [-0.05, 0) is 56.9 Å². The second kappa shape index (κ2) is 9.37. The summed E-state index contributed by atoms with van der Waals surface area (Å²) in [4.78, 5) is 12.5. The molecule has 1 fully saturated rings. The first-order chi connectivity index (χ1) is 12.4. The van der Waals surface area contributed by atoms with Gasteiger partial charge in [-0.3, -0.25) is 4.79 Å². The Kier molecular flexibility index (Phi) is 7.46. The molecule has 1 saturated heterocycles. The molecule has 1 aliphatic heterocycles. The molecule has 0 unspecified atom stereocenters. The highest BCUT2D eigenvalue weighted by Gasteiger charge is 2.30. The van der Waals surface area contributed by atoms with Gasteiger partial charge in [-0.15, -0.1) is 0 Å². The van der Waals surface area contributed by atoms with E-state index in [2.05, 4.69) is 5.32 Å². The number of hydrogen-bond donors (Lipinski definition) is 1. The number of carbonyl (C=O) groups is 1. The lowest BCUT2D eigenvalue weighted by Crippen LogP contribution is -2.47. The lowest BCUT2D eigenvalue weighted by Gasteiger charge is -2.32. The third-order valence-electron chi connectivity index (χ3n) is 4.93. The zero-order chi connectivity index (χ0) is 19.2. The number of amides is 1. The molecule has 1 aromatic carbocycles. The average molecular weight is 383 g/mol. The highest BCUT2D eigenvalue weighted by molar-refractivity contribution is 7.89. The number of ether oxygens (including phenoxy) is 1. The molecule has 1 N–H and O–H groups in total. The monoisotopic (exact) mass is 382 g/mol. The van der Waals surface area contributed by atoms with Crippen molar-refractivity contribution in [3.8, 4) is 5.75 Å². The van der Waals surface area contributed by atoms with Crippen molar-refractivity contribution in [3.05, 3.63) is 24.3 Å². The molecule has 7 heteroatoms. The van der Waals surface area contributed by atoms with Crippen molar-refractivity contribution >= 4 is 15.9 Å². The minimum absolute atomic E-state index is 0.0422. The van der Waals surface area contributed by atoms with Gasteiger partial charge in [0.1, 0.15) is 5.75 Å². The second-order valence-electron chi connectivity index (χ2n) is 6.60. The number of hydrogen-bond acceptors (Lipinski definition) is 4. The van der Waals surface area contributed by atoms with Crippen molar-refractivity contribution in [2.24, 2.45) is 5.92 Å². The third kappa shape index (κ3) is 4.98. The van der Waals surface area contributed by atoms with E-state index in [0.29, 0.717) is 38.3 Å². The van der Waals surface area contributed by atoms with Crippen LogP contribution in [-0.4, -0.2) is 44.4 Å². The van der Waals surface area contributed by atoms with Crippen LogP contribution in [0.4, 0.5) is 0 Å². The van der Waals surface area contributed by atoms with Crippen LogP contribution < -0.4 is 10.1 Å². The Bertz CT molecular complexity index is 676. The molecule has 1 heterocycles. The molecule has 1 amide bonds. The number of rotatable bonds is 8. The predicted molar refractivity (Wildman–Crippen MR) is 102 cm³/mol. The van der Waals surface area contributed by atoms with E-state index in [4.69, 9.17) is 4.74 Å². The van der Waals surface area contributed by atoms with E-state index in [-0.39, 0.29) is 22.8 Å². The van der Waals surface area contributed by atoms with Crippen LogP contribution in [0.5, 0.6) is 5.75 Å². The summed E-state index contributed by atoms with van der Waals surface area (Å²) in [5.41, 5.74) is 0. The van der Waals surface area contributed by atoms with E-state index in [1.165, 1.54) is 4.31 Å². The van der Waals surface area contributed by atoms with Crippen LogP contribution in [0.2, 0.25) is 0 Å². The van der Waals surface area contributed by atoms with Crippen LogP contribution in [0.3, 0.4) is 0 Å². The normalized spacial score (nSPS) is 16.6. The summed E-state index contributed by atoms with van der Waals surface area (Å²) < 4.78 is 32.4. The SMILES string of the molecule is CCOc1ccc(S(=O)(=O)N2CCC(NC(=O)C(CC)CC)CC2)cc1. The first-order valence-corrected chi connectivity index (χ1v) is 10.9. The molecule has 1 aliphatic rings. The maximum absolute atomic E-state index is 12.8. The van der Waals surface area contributed by atoms with Crippen LogP contribution in [0, 0.1) is 5.92 Å². The van der Waals surface area contributed by atoms with E-state index in [9.17, 15) is 13.2 Å². The summed E-state index contributed by atoms with van der Waals surface area (Å²) in [6.45, 7) is 7.30. The molecule has 0 atom stereocenters. The Hall–Kier alpha value is -1.60. The van der Waals surface area contributed by atoms with Gasteiger partial charge < -0.3 is 10.1 Å². The molecule has 0 bridgehead atoms. The summed E-state index contributed by atoms with van der Waals surface area (Å²) in [6, 6.07) is 6.58. The molecule has 0 radical (unpaired) electrons. The Morgan fingerprint density at radius 3 is 2.23 bits per heavy atom. The fourth-order valence-electron chi connectivity index (χ4n) is 3.24.